The Bertz CT molecular complexity index is 1260. The van der Waals surface area contributed by atoms with Gasteiger partial charge in [-0.1, -0.05) is 49.9 Å². The van der Waals surface area contributed by atoms with Gasteiger partial charge in [-0.3, -0.25) is 19.4 Å². The molecule has 0 fully saturated rings. The van der Waals surface area contributed by atoms with Gasteiger partial charge in [0.1, 0.15) is 5.75 Å². The number of nitrogens with one attached hydrogen (secondary N) is 1. The first-order valence-corrected chi connectivity index (χ1v) is 11.5. The average molecular weight is 452 g/mol. The van der Waals surface area contributed by atoms with E-state index >= 15 is 0 Å². The molecule has 0 bridgehead atoms. The highest BCUT2D eigenvalue weighted by Gasteiger charge is 2.46. The smallest absolute Gasteiger partial charge is 0.325 e. The monoisotopic (exact) mass is 451 g/mol. The number of para-hydroxylation sites is 2. The molecule has 0 aliphatic carbocycles. The molecular weight excluding hydrogens is 428 g/mol. The van der Waals surface area contributed by atoms with Gasteiger partial charge >= 0.3 is 17.2 Å². The van der Waals surface area contributed by atoms with E-state index in [1.165, 1.54) is 11.8 Å². The molecule has 1 N–H and O–H groups in total. The van der Waals surface area contributed by atoms with E-state index in [1.54, 1.807) is 53.8 Å². The molecule has 0 saturated heterocycles. The largest absolute Gasteiger partial charge is 0.426 e. The lowest BCUT2D eigenvalue weighted by Crippen LogP contribution is -2.61. The van der Waals surface area contributed by atoms with Gasteiger partial charge in [-0.05, 0) is 35.2 Å². The number of hydrogen-bond acceptors (Lipinski definition) is 6. The van der Waals surface area contributed by atoms with Crippen LogP contribution in [0.5, 0.6) is 5.75 Å². The minimum Gasteiger partial charge on any atom is -0.426 e. The van der Waals surface area contributed by atoms with Gasteiger partial charge in [0.25, 0.3) is 6.17 Å². The summed E-state index contributed by atoms with van der Waals surface area (Å²) in [4.78, 5) is 42.9. The number of H-pyrrole nitrogens is 1. The van der Waals surface area contributed by atoms with Gasteiger partial charge < -0.3 is 4.74 Å². The molecule has 1 atom stereocenters. The van der Waals surface area contributed by atoms with E-state index in [4.69, 9.17) is 4.74 Å². The predicted octanol–water partition coefficient (Wildman–Crippen LogP) is 3.07. The molecule has 0 radical (unpaired) electrons. The van der Waals surface area contributed by atoms with Crippen LogP contribution in [0.1, 0.15) is 38.4 Å². The van der Waals surface area contributed by atoms with Crippen LogP contribution < -0.4 is 19.9 Å². The Hall–Kier alpha value is -3.46. The fourth-order valence-electron chi connectivity index (χ4n) is 3.77. The summed E-state index contributed by atoms with van der Waals surface area (Å²) in [5.74, 6) is -0.218. The number of ether oxygens (including phenoxy) is 1. The van der Waals surface area contributed by atoms with Gasteiger partial charge in [0.15, 0.2) is 0 Å². The molecule has 9 heteroatoms. The summed E-state index contributed by atoms with van der Waals surface area (Å²) in [5, 5.41) is 5.06. The highest BCUT2D eigenvalue weighted by Crippen LogP contribution is 2.39. The Morgan fingerprint density at radius 2 is 1.84 bits per heavy atom. The maximum atomic E-state index is 13.2. The summed E-state index contributed by atoms with van der Waals surface area (Å²) in [6, 6.07) is 14.3. The molecule has 1 unspecified atom stereocenters. The van der Waals surface area contributed by atoms with E-state index in [-0.39, 0.29) is 24.3 Å². The molecule has 0 saturated carbocycles. The van der Waals surface area contributed by atoms with Crippen LogP contribution >= 0.6 is 11.8 Å². The maximum Gasteiger partial charge on any atom is 0.325 e. The molecule has 164 valence electrons. The minimum absolute atomic E-state index is 0.148. The van der Waals surface area contributed by atoms with Gasteiger partial charge in [-0.15, -0.1) is 0 Å². The van der Waals surface area contributed by atoms with Crippen LogP contribution in [0.4, 0.5) is 5.69 Å². The van der Waals surface area contributed by atoms with E-state index in [2.05, 4.69) is 10.1 Å². The van der Waals surface area contributed by atoms with Gasteiger partial charge in [0.05, 0.1) is 16.8 Å². The number of anilines is 1. The Balaban J connectivity index is 2.06. The van der Waals surface area contributed by atoms with Crippen LogP contribution in [0, 0.1) is 0 Å². The lowest BCUT2D eigenvalue weighted by molar-refractivity contribution is -0.763. The van der Waals surface area contributed by atoms with Crippen molar-refractivity contribution in [1.82, 2.24) is 10.1 Å². The SMILES string of the molecule is CCC(=O)Oc1ccccc1C1N(C(=O)CC)c2ccccc2-c2c(=O)[nH]c(SC)n[n+]21. The molecule has 8 nitrogen and oxygen atoms in total. The number of fused-ring (bicyclic) bond motifs is 3. The van der Waals surface area contributed by atoms with Crippen molar-refractivity contribution in [1.29, 1.82) is 0 Å². The average Bonchev–Trinajstić information content (AvgIpc) is 2.82. The molecule has 1 aliphatic heterocycles. The third kappa shape index (κ3) is 3.69. The van der Waals surface area contributed by atoms with Gasteiger partial charge in [-0.2, -0.15) is 0 Å². The van der Waals surface area contributed by atoms with E-state index in [0.29, 0.717) is 33.4 Å². The third-order valence-electron chi connectivity index (χ3n) is 5.23. The number of nitrogens with zero attached hydrogens (tertiary/aromatic N) is 3. The second-order valence-electron chi connectivity index (χ2n) is 7.13. The summed E-state index contributed by atoms with van der Waals surface area (Å²) in [6.45, 7) is 3.49. The molecule has 0 spiro atoms. The minimum atomic E-state index is -0.804. The first-order valence-electron chi connectivity index (χ1n) is 10.3. The van der Waals surface area contributed by atoms with Crippen molar-refractivity contribution in [3.8, 4) is 17.0 Å². The number of benzene rings is 2. The predicted molar refractivity (Wildman–Crippen MR) is 121 cm³/mol. The quantitative estimate of drug-likeness (QED) is 0.277. The number of hydrogen-bond donors (Lipinski definition) is 1. The molecule has 1 aromatic heterocycles. The van der Waals surface area contributed by atoms with Crippen LogP contribution in [0.15, 0.2) is 58.5 Å². The van der Waals surface area contributed by atoms with Gasteiger partial charge in [0.2, 0.25) is 11.1 Å². The lowest BCUT2D eigenvalue weighted by Gasteiger charge is -2.32. The van der Waals surface area contributed by atoms with Crippen LogP contribution in [-0.4, -0.2) is 28.2 Å². The van der Waals surface area contributed by atoms with Crippen molar-refractivity contribution in [2.24, 2.45) is 0 Å². The Morgan fingerprint density at radius 1 is 1.12 bits per heavy atom. The van der Waals surface area contributed by atoms with Crippen molar-refractivity contribution < 1.29 is 19.0 Å². The molecule has 1 aliphatic rings. The van der Waals surface area contributed by atoms with Crippen molar-refractivity contribution in [2.45, 2.75) is 38.0 Å². The number of amides is 1. The fraction of sp³-hybridized carbons (Fsp3) is 0.261. The van der Waals surface area contributed by atoms with E-state index in [9.17, 15) is 14.4 Å². The van der Waals surface area contributed by atoms with Crippen LogP contribution in [0.2, 0.25) is 0 Å². The number of esters is 1. The number of rotatable bonds is 5. The third-order valence-corrected chi connectivity index (χ3v) is 5.80. The fourth-order valence-corrected chi connectivity index (χ4v) is 4.13. The summed E-state index contributed by atoms with van der Waals surface area (Å²) >= 11 is 1.29. The second-order valence-corrected chi connectivity index (χ2v) is 7.93. The molecule has 1 amide bonds. The zero-order valence-electron chi connectivity index (χ0n) is 18.0. The first kappa shape index (κ1) is 21.8. The van der Waals surface area contributed by atoms with E-state index in [1.807, 2.05) is 24.5 Å². The number of carbonyl (C=O) groups is 2. The van der Waals surface area contributed by atoms with E-state index in [0.717, 1.165) is 0 Å². The summed E-state index contributed by atoms with van der Waals surface area (Å²) < 4.78 is 7.15. The zero-order chi connectivity index (χ0) is 22.8. The Kier molecular flexibility index (Phi) is 6.09. The standard InChI is InChI=1S/C23H22N4O4S/c1-4-18(28)26-16-12-8-6-10-14(16)20-21(30)24-23(32-3)25-27(20)22(26)15-11-7-9-13-17(15)31-19(29)5-2/h6-13,22H,4-5H2,1-3H3/p+1. The normalized spacial score (nSPS) is 14.5. The first-order chi connectivity index (χ1) is 15.5. The lowest BCUT2D eigenvalue weighted by atomic mass is 10.0. The summed E-state index contributed by atoms with van der Waals surface area (Å²) in [6.07, 6.45) is 1.46. The molecule has 4 rings (SSSR count). The highest BCUT2D eigenvalue weighted by molar-refractivity contribution is 7.98. The number of aromatic amines is 1. The maximum absolute atomic E-state index is 13.2. The van der Waals surface area contributed by atoms with Crippen LogP contribution in [0.3, 0.4) is 0 Å². The van der Waals surface area contributed by atoms with Crippen molar-refractivity contribution in [2.75, 3.05) is 11.2 Å². The molecule has 3 aromatic rings. The zero-order valence-corrected chi connectivity index (χ0v) is 18.8. The summed E-state index contributed by atoms with van der Waals surface area (Å²) in [7, 11) is 0. The number of carbonyl (C=O) groups excluding carboxylic acids is 2. The van der Waals surface area contributed by atoms with Gasteiger partial charge in [0, 0.05) is 17.9 Å². The molecule has 32 heavy (non-hydrogen) atoms. The number of thioether (sulfide) groups is 1. The second kappa shape index (κ2) is 8.96. The molecular formula is C23H23N4O4S+. The van der Waals surface area contributed by atoms with Gasteiger partial charge in [-0.25, -0.2) is 4.90 Å². The molecule has 2 heterocycles. The number of aromatic nitrogens is 3. The summed E-state index contributed by atoms with van der Waals surface area (Å²) in [5.41, 5.74) is 1.79. The van der Waals surface area contributed by atoms with Crippen molar-refractivity contribution in [3.63, 3.8) is 0 Å². The topological polar surface area (TPSA) is 96.2 Å². The van der Waals surface area contributed by atoms with Crippen molar-refractivity contribution >= 4 is 29.3 Å². The highest BCUT2D eigenvalue weighted by atomic mass is 32.2. The van der Waals surface area contributed by atoms with E-state index < -0.39 is 12.1 Å². The van der Waals surface area contributed by atoms with Crippen LogP contribution in [-0.2, 0) is 9.59 Å². The Labute approximate surface area is 189 Å². The van der Waals surface area contributed by atoms with Crippen molar-refractivity contribution in [3.05, 3.63) is 64.4 Å². The molecule has 2 aromatic carbocycles. The Morgan fingerprint density at radius 3 is 2.56 bits per heavy atom. The van der Waals surface area contributed by atoms with Crippen LogP contribution in [0.25, 0.3) is 11.3 Å².